The summed E-state index contributed by atoms with van der Waals surface area (Å²) < 4.78 is 96.8. The molecular formula is C18H14F3NO5S. The third-order valence-corrected chi connectivity index (χ3v) is 4.40. The Morgan fingerprint density at radius 3 is 2.32 bits per heavy atom. The number of nitrogens with two attached hydrogens (primary N) is 1. The third kappa shape index (κ3) is 4.28. The van der Waals surface area contributed by atoms with Crippen molar-refractivity contribution in [2.24, 2.45) is 5.73 Å². The fourth-order valence-electron chi connectivity index (χ4n) is 2.28. The molecule has 0 bridgehead atoms. The second kappa shape index (κ2) is 7.19. The molecule has 0 saturated heterocycles. The van der Waals surface area contributed by atoms with E-state index in [9.17, 15) is 26.4 Å². The molecule has 6 nitrogen and oxygen atoms in total. The van der Waals surface area contributed by atoms with Crippen molar-refractivity contribution in [2.75, 3.05) is 0 Å². The van der Waals surface area contributed by atoms with Crippen molar-refractivity contribution in [1.82, 2.24) is 0 Å². The minimum atomic E-state index is -5.16. The Morgan fingerprint density at radius 1 is 1.14 bits per heavy atom. The first kappa shape index (κ1) is 16.0. The molecule has 0 fully saturated rings. The number of hydrogen-bond donors (Lipinski definition) is 1. The van der Waals surface area contributed by atoms with E-state index in [1.165, 1.54) is 30.3 Å². The molecule has 0 radical (unpaired) electrons. The zero-order valence-electron chi connectivity index (χ0n) is 16.9. The number of alkyl halides is 3. The SMILES string of the molecule is [2H]C1(c2ccc(C(F)(F)F)cc2)OC(N)=C(OS(=O)(=O)C([2H])([2H])c2ccccc2)C1=O. The molecule has 148 valence electrons. The van der Waals surface area contributed by atoms with Crippen LogP contribution >= 0.6 is 0 Å². The van der Waals surface area contributed by atoms with Crippen LogP contribution in [0.1, 0.15) is 26.9 Å². The summed E-state index contributed by atoms with van der Waals surface area (Å²) >= 11 is 0. The minimum Gasteiger partial charge on any atom is -0.460 e. The Balaban J connectivity index is 1.91. The van der Waals surface area contributed by atoms with Crippen molar-refractivity contribution in [1.29, 1.82) is 0 Å². The monoisotopic (exact) mass is 416 g/mol. The summed E-state index contributed by atoms with van der Waals surface area (Å²) in [4.78, 5) is 12.7. The van der Waals surface area contributed by atoms with Crippen molar-refractivity contribution in [3.8, 4) is 0 Å². The van der Waals surface area contributed by atoms with Gasteiger partial charge in [-0.3, -0.25) is 4.79 Å². The highest BCUT2D eigenvalue weighted by molar-refractivity contribution is 7.86. The molecule has 10 heteroatoms. The van der Waals surface area contributed by atoms with Crippen LogP contribution < -0.4 is 5.73 Å². The fraction of sp³-hybridized carbons (Fsp3) is 0.167. The minimum absolute atomic E-state index is 0.291. The number of carbonyl (C=O) groups excluding carboxylic acids is 1. The van der Waals surface area contributed by atoms with E-state index >= 15 is 0 Å². The molecule has 1 atom stereocenters. The standard InChI is InChI=1S/C18H14F3NO5S/c19-18(20,21)13-8-6-12(7-9-13)15-14(23)16(17(22)26-15)27-28(24,25)10-11-4-2-1-3-5-11/h1-9,15H,10,22H2/i10D2,15D. The van der Waals surface area contributed by atoms with Crippen molar-refractivity contribution in [2.45, 2.75) is 18.0 Å². The van der Waals surface area contributed by atoms with Crippen LogP contribution in [-0.4, -0.2) is 14.2 Å². The molecule has 1 heterocycles. The van der Waals surface area contributed by atoms with Crippen molar-refractivity contribution < 1.29 is 39.4 Å². The van der Waals surface area contributed by atoms with Gasteiger partial charge in [0, 0.05) is 5.56 Å². The van der Waals surface area contributed by atoms with E-state index in [0.29, 0.717) is 12.1 Å². The molecule has 0 amide bonds. The normalized spacial score (nSPS) is 22.2. The van der Waals surface area contributed by atoms with E-state index in [4.69, 9.17) is 14.6 Å². The number of halogens is 3. The summed E-state index contributed by atoms with van der Waals surface area (Å²) in [5.74, 6) is -3.49. The van der Waals surface area contributed by atoms with Gasteiger partial charge in [0.2, 0.25) is 17.4 Å². The van der Waals surface area contributed by atoms with Gasteiger partial charge in [0.1, 0.15) is 5.70 Å². The first-order valence-corrected chi connectivity index (χ1v) is 9.02. The van der Waals surface area contributed by atoms with Crippen molar-refractivity contribution >= 4 is 15.9 Å². The number of ketones is 1. The van der Waals surface area contributed by atoms with Gasteiger partial charge in [0.05, 0.1) is 9.68 Å². The molecule has 0 saturated carbocycles. The molecule has 1 unspecified atom stereocenters. The smallest absolute Gasteiger partial charge is 0.416 e. The molecule has 2 N–H and O–H groups in total. The lowest BCUT2D eigenvalue weighted by atomic mass is 10.0. The lowest BCUT2D eigenvalue weighted by Crippen LogP contribution is -2.16. The van der Waals surface area contributed by atoms with Crippen molar-refractivity contribution in [3.05, 3.63) is 82.9 Å². The first-order chi connectivity index (χ1) is 14.2. The maximum absolute atomic E-state index is 12.7. The second-order valence-corrected chi connectivity index (χ2v) is 6.81. The summed E-state index contributed by atoms with van der Waals surface area (Å²) in [6.07, 6.45) is -7.37. The van der Waals surface area contributed by atoms with Gasteiger partial charge in [-0.1, -0.05) is 42.5 Å². The molecule has 28 heavy (non-hydrogen) atoms. The van der Waals surface area contributed by atoms with Crippen molar-refractivity contribution in [3.63, 3.8) is 0 Å². The van der Waals surface area contributed by atoms with Gasteiger partial charge in [-0.25, -0.2) is 0 Å². The largest absolute Gasteiger partial charge is 0.460 e. The Bertz CT molecular complexity index is 1150. The number of benzene rings is 2. The molecule has 0 aliphatic carbocycles. The molecule has 2 aromatic rings. The maximum atomic E-state index is 12.7. The van der Waals surface area contributed by atoms with Crippen LogP contribution in [0.5, 0.6) is 0 Å². The molecule has 3 rings (SSSR count). The maximum Gasteiger partial charge on any atom is 0.416 e. The summed E-state index contributed by atoms with van der Waals surface area (Å²) in [6.45, 7) is 0. The highest BCUT2D eigenvalue weighted by Gasteiger charge is 2.40. The molecule has 1 aliphatic heterocycles. The van der Waals surface area contributed by atoms with E-state index in [0.717, 1.165) is 12.1 Å². The first-order valence-electron chi connectivity index (χ1n) is 9.11. The summed E-state index contributed by atoms with van der Waals surface area (Å²) in [6, 6.07) is 9.51. The predicted octanol–water partition coefficient (Wildman–Crippen LogP) is 3.02. The topological polar surface area (TPSA) is 95.7 Å². The van der Waals surface area contributed by atoms with Gasteiger partial charge >= 0.3 is 16.3 Å². The van der Waals surface area contributed by atoms with Crippen LogP contribution in [0.2, 0.25) is 0 Å². The highest BCUT2D eigenvalue weighted by atomic mass is 32.2. The zero-order valence-corrected chi connectivity index (χ0v) is 14.7. The quantitative estimate of drug-likeness (QED) is 0.753. The molecule has 1 aliphatic rings. The Kier molecular flexibility index (Phi) is 4.11. The fourth-order valence-corrected chi connectivity index (χ4v) is 3.12. The lowest BCUT2D eigenvalue weighted by Gasteiger charge is -2.12. The van der Waals surface area contributed by atoms with Gasteiger partial charge in [-0.15, -0.1) is 0 Å². The number of ether oxygens (including phenoxy) is 1. The van der Waals surface area contributed by atoms with Gasteiger partial charge in [0.15, 0.2) is 6.08 Å². The lowest BCUT2D eigenvalue weighted by molar-refractivity contribution is -0.137. The summed E-state index contributed by atoms with van der Waals surface area (Å²) in [5, 5.41) is 0. The average molecular weight is 416 g/mol. The predicted molar refractivity (Wildman–Crippen MR) is 91.6 cm³/mol. The number of rotatable bonds is 5. The highest BCUT2D eigenvalue weighted by Crippen LogP contribution is 2.35. The van der Waals surface area contributed by atoms with E-state index < -0.39 is 51.1 Å². The summed E-state index contributed by atoms with van der Waals surface area (Å²) in [5.41, 5.74) is 0.705. The van der Waals surface area contributed by atoms with Crippen LogP contribution in [0, 0.1) is 0 Å². The molecule has 0 aromatic heterocycles. The Labute approximate surface area is 162 Å². The molecule has 2 aromatic carbocycles. The summed E-state index contributed by atoms with van der Waals surface area (Å²) in [7, 11) is -5.16. The number of Topliss-reactive ketones (excluding diaryl/α,β-unsaturated/α-hetero) is 1. The van der Waals surface area contributed by atoms with Crippen LogP contribution in [0.3, 0.4) is 0 Å². The zero-order chi connectivity index (χ0) is 23.2. The van der Waals surface area contributed by atoms with Crippen LogP contribution in [-0.2, 0) is 35.7 Å². The molecule has 0 spiro atoms. The van der Waals surface area contributed by atoms with E-state index in [1.54, 1.807) is 0 Å². The van der Waals surface area contributed by atoms with E-state index in [-0.39, 0.29) is 11.1 Å². The second-order valence-electron chi connectivity index (χ2n) is 5.53. The third-order valence-electron chi connectivity index (χ3n) is 3.53. The Morgan fingerprint density at radius 2 is 1.75 bits per heavy atom. The van der Waals surface area contributed by atoms with Gasteiger partial charge < -0.3 is 14.7 Å². The van der Waals surface area contributed by atoms with Crippen LogP contribution in [0.15, 0.2) is 66.2 Å². The average Bonchev–Trinajstić information content (AvgIpc) is 2.91. The number of hydrogen-bond acceptors (Lipinski definition) is 6. The van der Waals surface area contributed by atoms with E-state index in [2.05, 4.69) is 4.18 Å². The van der Waals surface area contributed by atoms with Crippen LogP contribution in [0.4, 0.5) is 13.2 Å². The van der Waals surface area contributed by atoms with E-state index in [1.807, 2.05) is 0 Å². The molecular weight excluding hydrogens is 399 g/mol. The van der Waals surface area contributed by atoms with Gasteiger partial charge in [-0.2, -0.15) is 21.6 Å². The van der Waals surface area contributed by atoms with Crippen LogP contribution in [0.25, 0.3) is 0 Å². The Hall–Kier alpha value is -3.01. The van der Waals surface area contributed by atoms with Gasteiger partial charge in [-0.05, 0) is 17.7 Å². The van der Waals surface area contributed by atoms with Gasteiger partial charge in [0.25, 0.3) is 0 Å². The number of carbonyl (C=O) groups is 1.